The molecule has 0 radical (unpaired) electrons. The molecular formula is C46H32N2. The van der Waals surface area contributed by atoms with Crippen molar-refractivity contribution in [2.75, 3.05) is 0 Å². The van der Waals surface area contributed by atoms with Crippen LogP contribution in [0.25, 0.3) is 82.5 Å². The van der Waals surface area contributed by atoms with Crippen LogP contribution >= 0.6 is 0 Å². The summed E-state index contributed by atoms with van der Waals surface area (Å²) in [7, 11) is 0. The highest BCUT2D eigenvalue weighted by atomic mass is 15.0. The Morgan fingerprint density at radius 3 is 1.77 bits per heavy atom. The first-order valence-electron chi connectivity index (χ1n) is 16.8. The molecule has 0 aliphatic heterocycles. The van der Waals surface area contributed by atoms with Gasteiger partial charge in [0.1, 0.15) is 0 Å². The molecule has 0 bridgehead atoms. The number of allylic oxidation sites excluding steroid dienone is 4. The smallest absolute Gasteiger partial charge is 0.0562 e. The fourth-order valence-corrected chi connectivity index (χ4v) is 7.92. The summed E-state index contributed by atoms with van der Waals surface area (Å²) in [5, 5.41) is 7.61. The largest absolute Gasteiger partial charge is 0.309 e. The number of benzene rings is 7. The van der Waals surface area contributed by atoms with Crippen LogP contribution in [-0.2, 0) is 0 Å². The van der Waals surface area contributed by atoms with Crippen molar-refractivity contribution >= 4 is 60.0 Å². The maximum Gasteiger partial charge on any atom is 0.0562 e. The van der Waals surface area contributed by atoms with Gasteiger partial charge in [0.25, 0.3) is 0 Å². The molecule has 226 valence electrons. The molecule has 1 aliphatic carbocycles. The molecule has 2 nitrogen and oxygen atoms in total. The fraction of sp³-hybridized carbons (Fsp3) is 0.0435. The zero-order chi connectivity index (χ0) is 31.6. The lowest BCUT2D eigenvalue weighted by Gasteiger charge is -2.16. The van der Waals surface area contributed by atoms with Crippen LogP contribution in [0.3, 0.4) is 0 Å². The minimum atomic E-state index is 1.08. The first-order valence-corrected chi connectivity index (χ1v) is 16.8. The van der Waals surface area contributed by atoms with E-state index in [0.29, 0.717) is 0 Å². The molecule has 2 heterocycles. The zero-order valence-corrected chi connectivity index (χ0v) is 26.5. The fourth-order valence-electron chi connectivity index (χ4n) is 7.92. The molecule has 0 unspecified atom stereocenters. The Bertz CT molecular complexity index is 2770. The Morgan fingerprint density at radius 1 is 0.396 bits per heavy atom. The van der Waals surface area contributed by atoms with Crippen LogP contribution in [0.5, 0.6) is 0 Å². The van der Waals surface area contributed by atoms with Gasteiger partial charge in [0.05, 0.1) is 22.1 Å². The predicted molar refractivity (Wildman–Crippen MR) is 204 cm³/mol. The number of fused-ring (bicyclic) bond motifs is 7. The molecule has 9 aromatic rings. The highest BCUT2D eigenvalue weighted by molar-refractivity contribution is 6.19. The predicted octanol–water partition coefficient (Wildman–Crippen LogP) is 12.4. The van der Waals surface area contributed by atoms with Gasteiger partial charge in [0.15, 0.2) is 0 Å². The average Bonchev–Trinajstić information content (AvgIpc) is 3.66. The van der Waals surface area contributed by atoms with E-state index in [1.165, 1.54) is 82.3 Å². The molecule has 0 amide bonds. The summed E-state index contributed by atoms with van der Waals surface area (Å²) in [4.78, 5) is 0. The van der Waals surface area contributed by atoms with E-state index in [9.17, 15) is 0 Å². The van der Waals surface area contributed by atoms with Crippen molar-refractivity contribution in [2.24, 2.45) is 0 Å². The van der Waals surface area contributed by atoms with Crippen LogP contribution in [-0.4, -0.2) is 9.13 Å². The van der Waals surface area contributed by atoms with Gasteiger partial charge in [-0.15, -0.1) is 0 Å². The van der Waals surface area contributed by atoms with Crippen molar-refractivity contribution < 1.29 is 0 Å². The highest BCUT2D eigenvalue weighted by Gasteiger charge is 2.20. The van der Waals surface area contributed by atoms with Gasteiger partial charge in [-0.3, -0.25) is 0 Å². The van der Waals surface area contributed by atoms with Crippen molar-refractivity contribution in [3.05, 3.63) is 175 Å². The van der Waals surface area contributed by atoms with E-state index < -0.39 is 0 Å². The Kier molecular flexibility index (Phi) is 6.04. The second-order valence-corrected chi connectivity index (χ2v) is 12.9. The van der Waals surface area contributed by atoms with Gasteiger partial charge in [0, 0.05) is 32.9 Å². The minimum Gasteiger partial charge on any atom is -0.309 e. The molecule has 2 aromatic heterocycles. The van der Waals surface area contributed by atoms with Crippen LogP contribution in [0.2, 0.25) is 0 Å². The number of nitrogens with zero attached hydrogens (tertiary/aromatic N) is 2. The minimum absolute atomic E-state index is 1.08. The van der Waals surface area contributed by atoms with Crippen LogP contribution in [0, 0.1) is 0 Å². The molecule has 0 fully saturated rings. The third kappa shape index (κ3) is 4.13. The van der Waals surface area contributed by atoms with Gasteiger partial charge in [-0.05, 0) is 94.4 Å². The number of rotatable bonds is 4. The number of hydrogen-bond acceptors (Lipinski definition) is 0. The molecule has 0 N–H and O–H groups in total. The van der Waals surface area contributed by atoms with Crippen molar-refractivity contribution in [2.45, 2.75) is 12.8 Å². The molecule has 0 atom stereocenters. The Hall–Kier alpha value is -6.12. The maximum atomic E-state index is 2.48. The summed E-state index contributed by atoms with van der Waals surface area (Å²) in [5.41, 5.74) is 12.2. The summed E-state index contributed by atoms with van der Waals surface area (Å²) in [6.07, 6.45) is 9.18. The summed E-state index contributed by atoms with van der Waals surface area (Å²) in [6.45, 7) is 0. The van der Waals surface area contributed by atoms with E-state index in [2.05, 4.69) is 179 Å². The second kappa shape index (κ2) is 10.7. The lowest BCUT2D eigenvalue weighted by molar-refractivity contribution is 1.04. The Labute approximate surface area is 279 Å². The SMILES string of the molecule is C1=CC(c2cc(-n3c4ccccc4c4cc5c6ccccc6n(-c6cccc(-c7ccccc7)c6)c5cc43)cc3ccccc23)=CCC1. The second-order valence-electron chi connectivity index (χ2n) is 12.9. The highest BCUT2D eigenvalue weighted by Crippen LogP contribution is 2.41. The molecule has 10 rings (SSSR count). The first-order chi connectivity index (χ1) is 23.8. The molecular weight excluding hydrogens is 581 g/mol. The number of para-hydroxylation sites is 2. The molecule has 48 heavy (non-hydrogen) atoms. The lowest BCUT2D eigenvalue weighted by atomic mass is 9.94. The van der Waals surface area contributed by atoms with E-state index in [1.807, 2.05) is 0 Å². The number of hydrogen-bond donors (Lipinski definition) is 0. The first kappa shape index (κ1) is 27.0. The zero-order valence-electron chi connectivity index (χ0n) is 26.5. The van der Waals surface area contributed by atoms with Crippen LogP contribution < -0.4 is 0 Å². The van der Waals surface area contributed by atoms with Crippen molar-refractivity contribution in [3.8, 4) is 22.5 Å². The number of aromatic nitrogens is 2. The molecule has 1 aliphatic rings. The van der Waals surface area contributed by atoms with E-state index in [-0.39, 0.29) is 0 Å². The van der Waals surface area contributed by atoms with E-state index in [0.717, 1.165) is 18.5 Å². The molecule has 0 spiro atoms. The van der Waals surface area contributed by atoms with Gasteiger partial charge in [-0.2, -0.15) is 0 Å². The van der Waals surface area contributed by atoms with Gasteiger partial charge >= 0.3 is 0 Å². The van der Waals surface area contributed by atoms with Gasteiger partial charge < -0.3 is 9.13 Å². The Morgan fingerprint density at radius 2 is 1.04 bits per heavy atom. The third-order valence-corrected chi connectivity index (χ3v) is 10.1. The van der Waals surface area contributed by atoms with Crippen molar-refractivity contribution in [1.29, 1.82) is 0 Å². The maximum absolute atomic E-state index is 2.48. The van der Waals surface area contributed by atoms with Crippen LogP contribution in [0.1, 0.15) is 18.4 Å². The third-order valence-electron chi connectivity index (χ3n) is 10.1. The average molecular weight is 613 g/mol. The standard InChI is InChI=1S/C46H32N2/c1-3-14-31(15-4-1)33-19-13-20-35(26-33)47-43-24-11-9-22-38(43)41-29-42-39-23-10-12-25-44(39)48(46(42)30-45(41)47)36-27-34-18-7-8-21-37(34)40(28-36)32-16-5-2-6-17-32/h1,3-5,7-30H,2,6H2. The normalized spacial score (nSPS) is 13.3. The van der Waals surface area contributed by atoms with Crippen LogP contribution in [0.15, 0.2) is 170 Å². The van der Waals surface area contributed by atoms with Crippen molar-refractivity contribution in [1.82, 2.24) is 9.13 Å². The topological polar surface area (TPSA) is 9.86 Å². The molecule has 2 heteroatoms. The van der Waals surface area contributed by atoms with Gasteiger partial charge in [-0.25, -0.2) is 0 Å². The summed E-state index contributed by atoms with van der Waals surface area (Å²) >= 11 is 0. The van der Waals surface area contributed by atoms with Crippen LogP contribution in [0.4, 0.5) is 0 Å². The van der Waals surface area contributed by atoms with Gasteiger partial charge in [0.2, 0.25) is 0 Å². The van der Waals surface area contributed by atoms with Gasteiger partial charge in [-0.1, -0.05) is 121 Å². The summed E-state index contributed by atoms with van der Waals surface area (Å²) in [6, 6.07) is 55.7. The monoisotopic (exact) mass is 612 g/mol. The summed E-state index contributed by atoms with van der Waals surface area (Å²) in [5.74, 6) is 0. The lowest BCUT2D eigenvalue weighted by Crippen LogP contribution is -1.98. The van der Waals surface area contributed by atoms with E-state index in [1.54, 1.807) is 0 Å². The molecule has 0 saturated heterocycles. The van der Waals surface area contributed by atoms with Crippen molar-refractivity contribution in [3.63, 3.8) is 0 Å². The van der Waals surface area contributed by atoms with E-state index in [4.69, 9.17) is 0 Å². The summed E-state index contributed by atoms with van der Waals surface area (Å²) < 4.78 is 4.93. The molecule has 0 saturated carbocycles. The quantitative estimate of drug-likeness (QED) is 0.187. The molecule has 7 aromatic carbocycles. The Balaban J connectivity index is 1.30. The van der Waals surface area contributed by atoms with E-state index >= 15 is 0 Å².